The second-order valence-corrected chi connectivity index (χ2v) is 6.58. The fourth-order valence-corrected chi connectivity index (χ4v) is 3.18. The SMILES string of the molecule is CCSc1cccnc1-c1nc2cc(I)ccc2[nH]1. The molecule has 0 aliphatic rings. The number of nitrogens with one attached hydrogen (secondary N) is 1. The maximum Gasteiger partial charge on any atom is 0.158 e. The smallest absolute Gasteiger partial charge is 0.158 e. The van der Waals surface area contributed by atoms with Crippen LogP contribution in [-0.2, 0) is 0 Å². The van der Waals surface area contributed by atoms with E-state index in [9.17, 15) is 0 Å². The lowest BCUT2D eigenvalue weighted by Crippen LogP contribution is -1.88. The largest absolute Gasteiger partial charge is 0.337 e. The first kappa shape index (κ1) is 12.9. The molecule has 0 fully saturated rings. The molecule has 19 heavy (non-hydrogen) atoms. The highest BCUT2D eigenvalue weighted by Crippen LogP contribution is 2.29. The van der Waals surface area contributed by atoms with E-state index in [1.54, 1.807) is 11.8 Å². The number of fused-ring (bicyclic) bond motifs is 1. The number of hydrogen-bond donors (Lipinski definition) is 1. The number of hydrogen-bond acceptors (Lipinski definition) is 3. The van der Waals surface area contributed by atoms with Gasteiger partial charge in [0.05, 0.1) is 11.0 Å². The maximum absolute atomic E-state index is 4.65. The Balaban J connectivity index is 2.13. The van der Waals surface area contributed by atoms with E-state index in [2.05, 4.69) is 68.7 Å². The van der Waals surface area contributed by atoms with E-state index in [4.69, 9.17) is 0 Å². The Morgan fingerprint density at radius 1 is 1.32 bits per heavy atom. The van der Waals surface area contributed by atoms with E-state index >= 15 is 0 Å². The number of imidazole rings is 1. The Labute approximate surface area is 129 Å². The topological polar surface area (TPSA) is 41.6 Å². The van der Waals surface area contributed by atoms with Gasteiger partial charge >= 0.3 is 0 Å². The van der Waals surface area contributed by atoms with Gasteiger partial charge in [-0.2, -0.15) is 0 Å². The predicted octanol–water partition coefficient (Wildman–Crippen LogP) is 4.34. The van der Waals surface area contributed by atoms with Crippen LogP contribution in [0.15, 0.2) is 41.4 Å². The van der Waals surface area contributed by atoms with E-state index in [-0.39, 0.29) is 0 Å². The molecule has 3 rings (SSSR count). The van der Waals surface area contributed by atoms with Crippen molar-refractivity contribution in [3.05, 3.63) is 40.1 Å². The van der Waals surface area contributed by atoms with Gasteiger partial charge in [-0.15, -0.1) is 11.8 Å². The van der Waals surface area contributed by atoms with Gasteiger partial charge in [0.2, 0.25) is 0 Å². The van der Waals surface area contributed by atoms with Gasteiger partial charge in [0.15, 0.2) is 5.82 Å². The monoisotopic (exact) mass is 381 g/mol. The number of halogens is 1. The molecule has 2 heterocycles. The predicted molar refractivity (Wildman–Crippen MR) is 88.4 cm³/mol. The summed E-state index contributed by atoms with van der Waals surface area (Å²) in [6, 6.07) is 10.3. The van der Waals surface area contributed by atoms with Gasteiger partial charge in [-0.25, -0.2) is 4.98 Å². The summed E-state index contributed by atoms with van der Waals surface area (Å²) in [6.07, 6.45) is 1.81. The van der Waals surface area contributed by atoms with Gasteiger partial charge in [-0.3, -0.25) is 4.98 Å². The molecule has 1 aromatic carbocycles. The van der Waals surface area contributed by atoms with E-state index in [1.165, 1.54) is 8.47 Å². The van der Waals surface area contributed by atoms with Crippen molar-refractivity contribution in [1.29, 1.82) is 0 Å². The molecule has 0 atom stereocenters. The Bertz CT molecular complexity index is 724. The first-order chi connectivity index (χ1) is 9.28. The Morgan fingerprint density at radius 3 is 3.05 bits per heavy atom. The van der Waals surface area contributed by atoms with E-state index in [0.29, 0.717) is 0 Å². The fourth-order valence-electron chi connectivity index (χ4n) is 1.93. The molecule has 0 spiro atoms. The molecule has 3 nitrogen and oxygen atoms in total. The number of aromatic amines is 1. The number of aromatic nitrogens is 3. The normalized spacial score (nSPS) is 11.1. The van der Waals surface area contributed by atoms with Crippen molar-refractivity contribution in [2.24, 2.45) is 0 Å². The van der Waals surface area contributed by atoms with Crippen LogP contribution in [0.4, 0.5) is 0 Å². The van der Waals surface area contributed by atoms with E-state index in [1.807, 2.05) is 12.3 Å². The average Bonchev–Trinajstić information content (AvgIpc) is 2.82. The molecular weight excluding hydrogens is 369 g/mol. The quantitative estimate of drug-likeness (QED) is 0.542. The van der Waals surface area contributed by atoms with Crippen LogP contribution in [0.5, 0.6) is 0 Å². The Hall–Kier alpha value is -1.08. The lowest BCUT2D eigenvalue weighted by atomic mass is 10.3. The van der Waals surface area contributed by atoms with Crippen LogP contribution in [-0.4, -0.2) is 20.7 Å². The molecule has 0 bridgehead atoms. The molecule has 5 heteroatoms. The summed E-state index contributed by atoms with van der Waals surface area (Å²) in [5, 5.41) is 0. The van der Waals surface area contributed by atoms with Crippen molar-refractivity contribution in [2.75, 3.05) is 5.75 Å². The van der Waals surface area contributed by atoms with Crippen LogP contribution in [0, 0.1) is 3.57 Å². The third-order valence-corrected chi connectivity index (χ3v) is 4.34. The van der Waals surface area contributed by atoms with Gasteiger partial charge in [0.1, 0.15) is 5.69 Å². The molecule has 0 amide bonds. The lowest BCUT2D eigenvalue weighted by molar-refractivity contribution is 1.18. The highest BCUT2D eigenvalue weighted by Gasteiger charge is 2.11. The van der Waals surface area contributed by atoms with Gasteiger partial charge in [-0.05, 0) is 58.7 Å². The van der Waals surface area contributed by atoms with E-state index < -0.39 is 0 Å². The molecule has 1 N–H and O–H groups in total. The minimum atomic E-state index is 0.841. The molecule has 3 aromatic rings. The molecule has 0 unspecified atom stereocenters. The van der Waals surface area contributed by atoms with Crippen LogP contribution < -0.4 is 0 Å². The van der Waals surface area contributed by atoms with Gasteiger partial charge in [0, 0.05) is 14.7 Å². The van der Waals surface area contributed by atoms with Crippen molar-refractivity contribution in [3.63, 3.8) is 0 Å². The number of pyridine rings is 1. The molecule has 0 saturated carbocycles. The average molecular weight is 381 g/mol. The summed E-state index contributed by atoms with van der Waals surface area (Å²) in [7, 11) is 0. The van der Waals surface area contributed by atoms with Crippen molar-refractivity contribution in [2.45, 2.75) is 11.8 Å². The Morgan fingerprint density at radius 2 is 2.21 bits per heavy atom. The summed E-state index contributed by atoms with van der Waals surface area (Å²) in [5.41, 5.74) is 2.97. The van der Waals surface area contributed by atoms with Crippen LogP contribution in [0.1, 0.15) is 6.92 Å². The second kappa shape index (κ2) is 5.50. The zero-order valence-corrected chi connectivity index (χ0v) is 13.3. The molecule has 0 radical (unpaired) electrons. The van der Waals surface area contributed by atoms with Gasteiger partial charge in [-0.1, -0.05) is 6.92 Å². The number of H-pyrrole nitrogens is 1. The number of benzene rings is 1. The molecule has 2 aromatic heterocycles. The van der Waals surface area contributed by atoms with Crippen molar-refractivity contribution in [3.8, 4) is 11.5 Å². The van der Waals surface area contributed by atoms with Crippen LogP contribution in [0.25, 0.3) is 22.6 Å². The lowest BCUT2D eigenvalue weighted by Gasteiger charge is -2.03. The minimum Gasteiger partial charge on any atom is -0.337 e. The molecule has 96 valence electrons. The number of rotatable bonds is 3. The summed E-state index contributed by atoms with van der Waals surface area (Å²) >= 11 is 4.08. The highest BCUT2D eigenvalue weighted by atomic mass is 127. The zero-order chi connectivity index (χ0) is 13.2. The standard InChI is InChI=1S/C14H12IN3S/c1-2-19-12-4-3-7-16-13(12)14-17-10-6-5-9(15)8-11(10)18-14/h3-8H,2H2,1H3,(H,17,18). The second-order valence-electron chi connectivity index (χ2n) is 4.03. The molecular formula is C14H12IN3S. The molecule has 0 aliphatic heterocycles. The highest BCUT2D eigenvalue weighted by molar-refractivity contribution is 14.1. The van der Waals surface area contributed by atoms with Crippen molar-refractivity contribution >= 4 is 45.4 Å². The maximum atomic E-state index is 4.65. The molecule has 0 saturated heterocycles. The van der Waals surface area contributed by atoms with Crippen LogP contribution in [0.3, 0.4) is 0 Å². The van der Waals surface area contributed by atoms with Crippen molar-refractivity contribution < 1.29 is 0 Å². The number of thioether (sulfide) groups is 1. The fraction of sp³-hybridized carbons (Fsp3) is 0.143. The van der Waals surface area contributed by atoms with Crippen LogP contribution in [0.2, 0.25) is 0 Å². The summed E-state index contributed by atoms with van der Waals surface area (Å²) in [6.45, 7) is 2.14. The van der Waals surface area contributed by atoms with Gasteiger partial charge < -0.3 is 4.98 Å². The Kier molecular flexibility index (Phi) is 3.74. The van der Waals surface area contributed by atoms with Crippen molar-refractivity contribution in [1.82, 2.24) is 15.0 Å². The molecule has 0 aliphatic carbocycles. The van der Waals surface area contributed by atoms with E-state index in [0.717, 1.165) is 28.3 Å². The third-order valence-electron chi connectivity index (χ3n) is 2.74. The first-order valence-corrected chi connectivity index (χ1v) is 8.08. The summed E-state index contributed by atoms with van der Waals surface area (Å²) in [5.74, 6) is 1.87. The minimum absolute atomic E-state index is 0.841. The van der Waals surface area contributed by atoms with Gasteiger partial charge in [0.25, 0.3) is 0 Å². The zero-order valence-electron chi connectivity index (χ0n) is 10.4. The van der Waals surface area contributed by atoms with Crippen LogP contribution >= 0.6 is 34.4 Å². The number of nitrogens with zero attached hydrogens (tertiary/aromatic N) is 2. The third kappa shape index (κ3) is 2.62. The first-order valence-electron chi connectivity index (χ1n) is 6.01. The summed E-state index contributed by atoms with van der Waals surface area (Å²) < 4.78 is 1.19. The summed E-state index contributed by atoms with van der Waals surface area (Å²) in [4.78, 5) is 13.6.